The average molecular weight is 326 g/mol. The van der Waals surface area contributed by atoms with Crippen molar-refractivity contribution in [1.29, 1.82) is 0 Å². The zero-order chi connectivity index (χ0) is 12.5. The van der Waals surface area contributed by atoms with Gasteiger partial charge >= 0.3 is 0 Å². The van der Waals surface area contributed by atoms with E-state index in [9.17, 15) is 0 Å². The second kappa shape index (κ2) is 5.15. The van der Waals surface area contributed by atoms with Crippen molar-refractivity contribution >= 4 is 27.3 Å². The Balaban J connectivity index is 1.71. The maximum Gasteiger partial charge on any atom is 0.0540 e. The Hall–Kier alpha value is -0.650. The van der Waals surface area contributed by atoms with Crippen LogP contribution in [0.1, 0.15) is 35.0 Å². The second-order valence-corrected chi connectivity index (χ2v) is 6.64. The molecule has 2 aromatic heterocycles. The van der Waals surface area contributed by atoms with Gasteiger partial charge in [0.15, 0.2) is 0 Å². The van der Waals surface area contributed by atoms with E-state index in [2.05, 4.69) is 37.8 Å². The molecule has 1 atom stereocenters. The van der Waals surface area contributed by atoms with E-state index in [1.807, 2.05) is 17.9 Å². The molecule has 0 saturated heterocycles. The van der Waals surface area contributed by atoms with Crippen molar-refractivity contribution in [3.05, 3.63) is 38.3 Å². The second-order valence-electron chi connectivity index (χ2n) is 4.73. The molecule has 2 aromatic rings. The number of hydrogen-bond donors (Lipinski definition) is 1. The Morgan fingerprint density at radius 2 is 2.50 bits per heavy atom. The lowest BCUT2D eigenvalue weighted by molar-refractivity contribution is 0.453. The molecule has 1 aliphatic carbocycles. The molecule has 96 valence electrons. The first-order chi connectivity index (χ1) is 8.74. The molecule has 1 N–H and O–H groups in total. The maximum absolute atomic E-state index is 4.38. The number of thiophene rings is 1. The van der Waals surface area contributed by atoms with Crippen molar-refractivity contribution in [1.82, 2.24) is 15.1 Å². The number of aryl methyl sites for hydroxylation is 1. The number of halogens is 1. The van der Waals surface area contributed by atoms with Gasteiger partial charge in [0, 0.05) is 45.6 Å². The van der Waals surface area contributed by atoms with Gasteiger partial charge in [-0.2, -0.15) is 5.10 Å². The van der Waals surface area contributed by atoms with E-state index in [0.29, 0.717) is 6.04 Å². The van der Waals surface area contributed by atoms with Gasteiger partial charge in [-0.15, -0.1) is 11.3 Å². The Labute approximate surface area is 119 Å². The quantitative estimate of drug-likeness (QED) is 0.937. The van der Waals surface area contributed by atoms with Gasteiger partial charge in [0.25, 0.3) is 0 Å². The highest BCUT2D eigenvalue weighted by Gasteiger charge is 2.22. The third kappa shape index (κ3) is 2.39. The van der Waals surface area contributed by atoms with Crippen LogP contribution in [0.5, 0.6) is 0 Å². The summed E-state index contributed by atoms with van der Waals surface area (Å²) in [5, 5.41) is 10.2. The molecule has 0 unspecified atom stereocenters. The molecule has 1 aliphatic rings. The van der Waals surface area contributed by atoms with Gasteiger partial charge in [0.1, 0.15) is 0 Å². The average Bonchev–Trinajstić information content (AvgIpc) is 2.94. The first-order valence-corrected chi connectivity index (χ1v) is 7.88. The molecule has 0 fully saturated rings. The third-order valence-corrected chi connectivity index (χ3v) is 5.22. The molecule has 0 aromatic carbocycles. The standard InChI is InChI=1S/C13H16BrN3S/c1-17-13-4-2-3-12(11(13)7-16-17)15-6-10-5-9(14)8-18-10/h5,7-8,12,15H,2-4,6H2,1H3/t12-/m0/s1. The molecule has 0 aliphatic heterocycles. The molecular formula is C13H16BrN3S. The highest BCUT2D eigenvalue weighted by atomic mass is 79.9. The fourth-order valence-electron chi connectivity index (χ4n) is 2.59. The number of nitrogens with zero attached hydrogens (tertiary/aromatic N) is 2. The van der Waals surface area contributed by atoms with Crippen molar-refractivity contribution in [2.24, 2.45) is 7.05 Å². The summed E-state index contributed by atoms with van der Waals surface area (Å²) in [5.74, 6) is 0. The molecule has 3 rings (SSSR count). The Bertz CT molecular complexity index is 546. The van der Waals surface area contributed by atoms with E-state index in [0.717, 1.165) is 13.0 Å². The van der Waals surface area contributed by atoms with Crippen LogP contribution in [0.2, 0.25) is 0 Å². The number of aromatic nitrogens is 2. The lowest BCUT2D eigenvalue weighted by Crippen LogP contribution is -2.24. The van der Waals surface area contributed by atoms with Crippen molar-refractivity contribution in [2.45, 2.75) is 31.8 Å². The monoisotopic (exact) mass is 325 g/mol. The topological polar surface area (TPSA) is 29.9 Å². The Kier molecular flexibility index (Phi) is 3.54. The highest BCUT2D eigenvalue weighted by molar-refractivity contribution is 9.10. The first-order valence-electron chi connectivity index (χ1n) is 6.21. The Morgan fingerprint density at radius 1 is 1.61 bits per heavy atom. The Morgan fingerprint density at radius 3 is 3.28 bits per heavy atom. The molecule has 0 radical (unpaired) electrons. The van der Waals surface area contributed by atoms with E-state index in [-0.39, 0.29) is 0 Å². The molecule has 0 amide bonds. The predicted molar refractivity (Wildman–Crippen MR) is 77.7 cm³/mol. The van der Waals surface area contributed by atoms with Gasteiger partial charge in [-0.1, -0.05) is 0 Å². The van der Waals surface area contributed by atoms with Crippen LogP contribution in [0, 0.1) is 0 Å². The summed E-state index contributed by atoms with van der Waals surface area (Å²) in [6.45, 7) is 0.940. The van der Waals surface area contributed by atoms with Gasteiger partial charge in [0.2, 0.25) is 0 Å². The minimum absolute atomic E-state index is 0.461. The first kappa shape index (κ1) is 12.4. The van der Waals surface area contributed by atoms with E-state index >= 15 is 0 Å². The number of fused-ring (bicyclic) bond motifs is 1. The molecule has 0 saturated carbocycles. The van der Waals surface area contributed by atoms with Crippen molar-refractivity contribution in [3.8, 4) is 0 Å². The summed E-state index contributed by atoms with van der Waals surface area (Å²) in [6, 6.07) is 2.65. The molecule has 18 heavy (non-hydrogen) atoms. The predicted octanol–water partition coefficient (Wildman–Crippen LogP) is 3.41. The van der Waals surface area contributed by atoms with E-state index < -0.39 is 0 Å². The third-order valence-electron chi connectivity index (χ3n) is 3.52. The van der Waals surface area contributed by atoms with Crippen LogP contribution in [0.3, 0.4) is 0 Å². The summed E-state index contributed by atoms with van der Waals surface area (Å²) in [7, 11) is 2.04. The lowest BCUT2D eigenvalue weighted by atomic mass is 9.93. The minimum atomic E-state index is 0.461. The van der Waals surface area contributed by atoms with Gasteiger partial charge < -0.3 is 5.32 Å². The molecular weight excluding hydrogens is 310 g/mol. The van der Waals surface area contributed by atoms with Gasteiger partial charge in [-0.3, -0.25) is 4.68 Å². The lowest BCUT2D eigenvalue weighted by Gasteiger charge is -2.23. The minimum Gasteiger partial charge on any atom is -0.305 e. The highest BCUT2D eigenvalue weighted by Crippen LogP contribution is 2.30. The van der Waals surface area contributed by atoms with Crippen LogP contribution >= 0.6 is 27.3 Å². The smallest absolute Gasteiger partial charge is 0.0540 e. The van der Waals surface area contributed by atoms with Gasteiger partial charge in [-0.05, 0) is 41.3 Å². The van der Waals surface area contributed by atoms with Crippen LogP contribution in [-0.4, -0.2) is 9.78 Å². The molecule has 3 nitrogen and oxygen atoms in total. The van der Waals surface area contributed by atoms with Crippen molar-refractivity contribution in [2.75, 3.05) is 0 Å². The van der Waals surface area contributed by atoms with Gasteiger partial charge in [-0.25, -0.2) is 0 Å². The zero-order valence-electron chi connectivity index (χ0n) is 10.3. The summed E-state index contributed by atoms with van der Waals surface area (Å²) >= 11 is 5.29. The number of rotatable bonds is 3. The summed E-state index contributed by atoms with van der Waals surface area (Å²) in [5.41, 5.74) is 2.78. The van der Waals surface area contributed by atoms with Crippen molar-refractivity contribution in [3.63, 3.8) is 0 Å². The van der Waals surface area contributed by atoms with Crippen LogP contribution in [-0.2, 0) is 20.0 Å². The fraction of sp³-hybridized carbons (Fsp3) is 0.462. The SMILES string of the molecule is Cn1ncc2c1CCC[C@@H]2NCc1cc(Br)cs1. The molecule has 0 spiro atoms. The summed E-state index contributed by atoms with van der Waals surface area (Å²) in [4.78, 5) is 1.37. The molecule has 0 bridgehead atoms. The summed E-state index contributed by atoms with van der Waals surface area (Å²) < 4.78 is 3.19. The van der Waals surface area contributed by atoms with Crippen LogP contribution in [0.4, 0.5) is 0 Å². The zero-order valence-corrected chi connectivity index (χ0v) is 12.7. The van der Waals surface area contributed by atoms with Crippen LogP contribution in [0.15, 0.2) is 22.1 Å². The fourth-order valence-corrected chi connectivity index (χ4v) is 3.99. The number of nitrogens with one attached hydrogen (secondary N) is 1. The molecule has 2 heterocycles. The van der Waals surface area contributed by atoms with Crippen molar-refractivity contribution < 1.29 is 0 Å². The van der Waals surface area contributed by atoms with E-state index in [1.54, 1.807) is 11.3 Å². The maximum atomic E-state index is 4.38. The largest absolute Gasteiger partial charge is 0.305 e. The van der Waals surface area contributed by atoms with Gasteiger partial charge in [0.05, 0.1) is 6.20 Å². The summed E-state index contributed by atoms with van der Waals surface area (Å²) in [6.07, 6.45) is 5.65. The molecule has 5 heteroatoms. The number of hydrogen-bond acceptors (Lipinski definition) is 3. The van der Waals surface area contributed by atoms with E-state index in [1.165, 1.54) is 33.4 Å². The van der Waals surface area contributed by atoms with E-state index in [4.69, 9.17) is 0 Å². The van der Waals surface area contributed by atoms with Crippen LogP contribution in [0.25, 0.3) is 0 Å². The van der Waals surface area contributed by atoms with Crippen LogP contribution < -0.4 is 5.32 Å². The normalized spacial score (nSPS) is 18.9.